The van der Waals surface area contributed by atoms with Gasteiger partial charge >= 0.3 is 0 Å². The molecule has 0 unspecified atom stereocenters. The van der Waals surface area contributed by atoms with Crippen molar-refractivity contribution in [3.8, 4) is 11.8 Å². The summed E-state index contributed by atoms with van der Waals surface area (Å²) in [7, 11) is 1.48. The second-order valence-corrected chi connectivity index (χ2v) is 5.70. The first-order valence-corrected chi connectivity index (χ1v) is 7.05. The minimum absolute atomic E-state index is 0.271. The molecule has 0 aliphatic heterocycles. The highest BCUT2D eigenvalue weighted by molar-refractivity contribution is 7.16. The number of nitrogens with zero attached hydrogens (tertiary/aromatic N) is 1. The van der Waals surface area contributed by atoms with E-state index < -0.39 is 0 Å². The number of nitrogen functional groups attached to an aromatic ring is 1. The SMILES string of the molecule is COc1cccc(N)c1C(=O)Nc1sc(C)c(C)c1C#N. The lowest BCUT2D eigenvalue weighted by Gasteiger charge is -2.10. The average Bonchev–Trinajstić information content (AvgIpc) is 2.72. The van der Waals surface area contributed by atoms with Crippen molar-refractivity contribution in [3.63, 3.8) is 0 Å². The number of amides is 1. The Kier molecular flexibility index (Phi) is 4.15. The van der Waals surface area contributed by atoms with Gasteiger partial charge in [-0.25, -0.2) is 0 Å². The maximum Gasteiger partial charge on any atom is 0.262 e. The Labute approximate surface area is 127 Å². The molecule has 1 aromatic carbocycles. The summed E-state index contributed by atoms with van der Waals surface area (Å²) in [4.78, 5) is 13.4. The molecular formula is C15H15N3O2S. The molecule has 5 nitrogen and oxygen atoms in total. The van der Waals surface area contributed by atoms with Crippen LogP contribution in [0.2, 0.25) is 0 Å². The molecule has 0 aliphatic carbocycles. The van der Waals surface area contributed by atoms with Gasteiger partial charge in [-0.15, -0.1) is 11.3 Å². The Balaban J connectivity index is 2.40. The van der Waals surface area contributed by atoms with E-state index in [9.17, 15) is 10.1 Å². The standard InChI is InChI=1S/C15H15N3O2S/c1-8-9(2)21-15(10(8)7-16)18-14(19)13-11(17)5-4-6-12(13)20-3/h4-6H,17H2,1-3H3,(H,18,19). The van der Waals surface area contributed by atoms with Crippen molar-refractivity contribution in [1.29, 1.82) is 5.26 Å². The van der Waals surface area contributed by atoms with Gasteiger partial charge in [0.2, 0.25) is 0 Å². The number of thiophene rings is 1. The van der Waals surface area contributed by atoms with Crippen LogP contribution in [-0.2, 0) is 0 Å². The number of carbonyl (C=O) groups is 1. The second-order valence-electron chi connectivity index (χ2n) is 4.48. The number of benzene rings is 1. The Morgan fingerprint density at radius 1 is 1.43 bits per heavy atom. The van der Waals surface area contributed by atoms with Crippen molar-refractivity contribution in [3.05, 3.63) is 39.8 Å². The molecule has 0 spiro atoms. The van der Waals surface area contributed by atoms with Gasteiger partial charge in [-0.2, -0.15) is 5.26 Å². The highest BCUT2D eigenvalue weighted by atomic mass is 32.1. The van der Waals surface area contributed by atoms with Crippen LogP contribution in [0.5, 0.6) is 5.75 Å². The van der Waals surface area contributed by atoms with E-state index in [4.69, 9.17) is 10.5 Å². The molecule has 0 saturated heterocycles. The summed E-state index contributed by atoms with van der Waals surface area (Å²) >= 11 is 1.37. The number of aryl methyl sites for hydroxylation is 1. The van der Waals surface area contributed by atoms with Crippen LogP contribution in [0, 0.1) is 25.2 Å². The summed E-state index contributed by atoms with van der Waals surface area (Å²) in [6.45, 7) is 3.77. The van der Waals surface area contributed by atoms with E-state index >= 15 is 0 Å². The largest absolute Gasteiger partial charge is 0.496 e. The number of nitriles is 1. The third-order valence-corrected chi connectivity index (χ3v) is 4.35. The van der Waals surface area contributed by atoms with Gasteiger partial charge in [0.15, 0.2) is 0 Å². The Hall–Kier alpha value is -2.52. The summed E-state index contributed by atoms with van der Waals surface area (Å²) in [6.07, 6.45) is 0. The van der Waals surface area contributed by atoms with Gasteiger partial charge < -0.3 is 15.8 Å². The molecule has 3 N–H and O–H groups in total. The fourth-order valence-corrected chi connectivity index (χ4v) is 2.98. The maximum atomic E-state index is 12.4. The van der Waals surface area contributed by atoms with E-state index in [0.29, 0.717) is 22.0 Å². The number of nitrogens with two attached hydrogens (primary N) is 1. The Morgan fingerprint density at radius 2 is 2.14 bits per heavy atom. The molecule has 2 aromatic rings. The molecule has 21 heavy (non-hydrogen) atoms. The predicted octanol–water partition coefficient (Wildman–Crippen LogP) is 3.08. The van der Waals surface area contributed by atoms with E-state index in [2.05, 4.69) is 11.4 Å². The van der Waals surface area contributed by atoms with Crippen molar-refractivity contribution in [2.75, 3.05) is 18.2 Å². The number of ether oxygens (including phenoxy) is 1. The molecule has 0 atom stereocenters. The topological polar surface area (TPSA) is 88.1 Å². The fourth-order valence-electron chi connectivity index (χ4n) is 1.98. The average molecular weight is 301 g/mol. The first-order chi connectivity index (χ1) is 9.99. The van der Waals surface area contributed by atoms with E-state index in [1.807, 2.05) is 13.8 Å². The Morgan fingerprint density at radius 3 is 2.76 bits per heavy atom. The molecule has 0 aliphatic rings. The van der Waals surface area contributed by atoms with Crippen LogP contribution in [0.3, 0.4) is 0 Å². The van der Waals surface area contributed by atoms with E-state index in [-0.39, 0.29) is 11.5 Å². The predicted molar refractivity (Wildman–Crippen MR) is 83.9 cm³/mol. The zero-order valence-corrected chi connectivity index (χ0v) is 12.8. The van der Waals surface area contributed by atoms with Gasteiger partial charge in [0.1, 0.15) is 22.4 Å². The molecule has 1 amide bonds. The lowest BCUT2D eigenvalue weighted by atomic mass is 10.1. The van der Waals surface area contributed by atoms with Crippen molar-refractivity contribution in [1.82, 2.24) is 0 Å². The number of carbonyl (C=O) groups excluding carboxylic acids is 1. The smallest absolute Gasteiger partial charge is 0.262 e. The van der Waals surface area contributed by atoms with E-state index in [1.54, 1.807) is 18.2 Å². The molecule has 108 valence electrons. The third kappa shape index (κ3) is 2.69. The normalized spacial score (nSPS) is 10.0. The number of rotatable bonds is 3. The lowest BCUT2D eigenvalue weighted by molar-refractivity contribution is 0.102. The number of methoxy groups -OCH3 is 1. The van der Waals surface area contributed by atoms with Gasteiger partial charge in [-0.1, -0.05) is 6.07 Å². The van der Waals surface area contributed by atoms with E-state index in [1.165, 1.54) is 18.4 Å². The van der Waals surface area contributed by atoms with Crippen LogP contribution in [0.1, 0.15) is 26.4 Å². The number of hydrogen-bond donors (Lipinski definition) is 2. The van der Waals surface area contributed by atoms with Crippen molar-refractivity contribution >= 4 is 27.9 Å². The first-order valence-electron chi connectivity index (χ1n) is 6.23. The van der Waals surface area contributed by atoms with E-state index in [0.717, 1.165) is 10.4 Å². The highest BCUT2D eigenvalue weighted by Gasteiger charge is 2.19. The number of anilines is 2. The zero-order chi connectivity index (χ0) is 15.6. The van der Waals surface area contributed by atoms with Gasteiger partial charge in [0.25, 0.3) is 5.91 Å². The molecule has 1 heterocycles. The molecule has 0 saturated carbocycles. The van der Waals surface area contributed by atoms with Crippen molar-refractivity contribution in [2.45, 2.75) is 13.8 Å². The van der Waals surface area contributed by atoms with Crippen molar-refractivity contribution < 1.29 is 9.53 Å². The maximum absolute atomic E-state index is 12.4. The summed E-state index contributed by atoms with van der Waals surface area (Å²) in [5, 5.41) is 12.5. The van der Waals surface area contributed by atoms with Crippen LogP contribution in [0.15, 0.2) is 18.2 Å². The van der Waals surface area contributed by atoms with Crippen LogP contribution >= 0.6 is 11.3 Å². The lowest BCUT2D eigenvalue weighted by Crippen LogP contribution is -2.15. The van der Waals surface area contributed by atoms with Crippen LogP contribution in [0.4, 0.5) is 10.7 Å². The quantitative estimate of drug-likeness (QED) is 0.853. The fraction of sp³-hybridized carbons (Fsp3) is 0.200. The Bertz CT molecular complexity index is 744. The minimum atomic E-state index is -0.386. The number of nitrogens with one attached hydrogen (secondary N) is 1. The third-order valence-electron chi connectivity index (χ3n) is 3.23. The molecule has 2 rings (SSSR count). The summed E-state index contributed by atoms with van der Waals surface area (Å²) in [6, 6.07) is 7.13. The van der Waals surface area contributed by atoms with Crippen LogP contribution in [-0.4, -0.2) is 13.0 Å². The number of hydrogen-bond acceptors (Lipinski definition) is 5. The van der Waals surface area contributed by atoms with Crippen LogP contribution in [0.25, 0.3) is 0 Å². The summed E-state index contributed by atoms with van der Waals surface area (Å²) < 4.78 is 5.17. The zero-order valence-electron chi connectivity index (χ0n) is 12.0. The molecule has 0 fully saturated rings. The van der Waals surface area contributed by atoms with Gasteiger partial charge in [-0.05, 0) is 31.5 Å². The van der Waals surface area contributed by atoms with Crippen LogP contribution < -0.4 is 15.8 Å². The summed E-state index contributed by atoms with van der Waals surface area (Å²) in [5.41, 5.74) is 7.82. The molecule has 0 bridgehead atoms. The monoisotopic (exact) mass is 301 g/mol. The van der Waals surface area contributed by atoms with Crippen molar-refractivity contribution in [2.24, 2.45) is 0 Å². The molecule has 1 aromatic heterocycles. The van der Waals surface area contributed by atoms with Gasteiger partial charge in [0, 0.05) is 10.6 Å². The highest BCUT2D eigenvalue weighted by Crippen LogP contribution is 2.33. The molecular weight excluding hydrogens is 286 g/mol. The minimum Gasteiger partial charge on any atom is -0.496 e. The van der Waals surface area contributed by atoms with Gasteiger partial charge in [0.05, 0.1) is 12.7 Å². The molecule has 0 radical (unpaired) electrons. The van der Waals surface area contributed by atoms with Gasteiger partial charge in [-0.3, -0.25) is 4.79 Å². The second kappa shape index (κ2) is 5.85. The summed E-state index contributed by atoms with van der Waals surface area (Å²) in [5.74, 6) is 0.0127. The first kappa shape index (κ1) is 14.9. The molecule has 6 heteroatoms.